The van der Waals surface area contributed by atoms with E-state index in [1.54, 1.807) is 12.3 Å². The zero-order chi connectivity index (χ0) is 14.8. The van der Waals surface area contributed by atoms with Gasteiger partial charge in [0.15, 0.2) is 11.5 Å². The van der Waals surface area contributed by atoms with E-state index in [0.717, 1.165) is 22.9 Å². The van der Waals surface area contributed by atoms with E-state index in [2.05, 4.69) is 15.4 Å². The normalized spacial score (nSPS) is 11.8. The molecule has 0 saturated heterocycles. The Hall–Kier alpha value is -1.60. The third-order valence-electron chi connectivity index (χ3n) is 2.55. The number of aromatic nitrogens is 3. The first kappa shape index (κ1) is 14.8. The molecule has 0 aliphatic carbocycles. The summed E-state index contributed by atoms with van der Waals surface area (Å²) in [6.45, 7) is 3.36. The van der Waals surface area contributed by atoms with Crippen molar-refractivity contribution in [2.24, 2.45) is 0 Å². The Morgan fingerprint density at radius 2 is 2.15 bits per heavy atom. The molecule has 0 amide bonds. The minimum Gasteiger partial charge on any atom is -0.313 e. The summed E-state index contributed by atoms with van der Waals surface area (Å²) in [6, 6.07) is 2.53. The molecule has 20 heavy (non-hydrogen) atoms. The van der Waals surface area contributed by atoms with Gasteiger partial charge in [-0.05, 0) is 24.2 Å². The first-order valence-corrected chi connectivity index (χ1v) is 6.28. The summed E-state index contributed by atoms with van der Waals surface area (Å²) < 4.78 is 38.5. The van der Waals surface area contributed by atoms with Crippen LogP contribution in [0.5, 0.6) is 0 Å². The SMILES string of the molecule is CCNCc1cnc(-n2ccc(C(F)(F)F)n2)c(Cl)c1. The Morgan fingerprint density at radius 1 is 1.40 bits per heavy atom. The summed E-state index contributed by atoms with van der Waals surface area (Å²) in [6.07, 6.45) is -1.75. The molecule has 0 atom stereocenters. The van der Waals surface area contributed by atoms with E-state index in [9.17, 15) is 13.2 Å². The maximum atomic E-state index is 12.5. The van der Waals surface area contributed by atoms with E-state index < -0.39 is 11.9 Å². The van der Waals surface area contributed by atoms with Crippen LogP contribution >= 0.6 is 11.6 Å². The van der Waals surface area contributed by atoms with Crippen molar-refractivity contribution >= 4 is 11.6 Å². The van der Waals surface area contributed by atoms with Crippen LogP contribution in [0.15, 0.2) is 24.5 Å². The molecule has 0 radical (unpaired) electrons. The van der Waals surface area contributed by atoms with Gasteiger partial charge in [-0.2, -0.15) is 18.3 Å². The van der Waals surface area contributed by atoms with Gasteiger partial charge in [0.2, 0.25) is 0 Å². The van der Waals surface area contributed by atoms with Gasteiger partial charge in [0.25, 0.3) is 0 Å². The summed E-state index contributed by atoms with van der Waals surface area (Å²) in [5.41, 5.74) is -0.129. The maximum Gasteiger partial charge on any atom is 0.435 e. The zero-order valence-electron chi connectivity index (χ0n) is 10.6. The molecule has 2 rings (SSSR count). The highest BCUT2D eigenvalue weighted by Gasteiger charge is 2.33. The lowest BCUT2D eigenvalue weighted by molar-refractivity contribution is -0.141. The fourth-order valence-corrected chi connectivity index (χ4v) is 1.87. The molecule has 8 heteroatoms. The molecule has 2 aromatic heterocycles. The third kappa shape index (κ3) is 3.29. The van der Waals surface area contributed by atoms with Gasteiger partial charge in [-0.25, -0.2) is 9.67 Å². The van der Waals surface area contributed by atoms with Crippen LogP contribution in [0.25, 0.3) is 5.82 Å². The number of alkyl halides is 3. The Kier molecular flexibility index (Phi) is 4.29. The first-order chi connectivity index (χ1) is 9.41. The molecule has 0 bridgehead atoms. The Labute approximate surface area is 118 Å². The Balaban J connectivity index is 2.27. The van der Waals surface area contributed by atoms with E-state index in [0.29, 0.717) is 6.54 Å². The molecule has 4 nitrogen and oxygen atoms in total. The molecule has 0 unspecified atom stereocenters. The zero-order valence-corrected chi connectivity index (χ0v) is 11.3. The minimum atomic E-state index is -4.48. The number of hydrogen-bond acceptors (Lipinski definition) is 3. The number of halogens is 4. The fraction of sp³-hybridized carbons (Fsp3) is 0.333. The fourth-order valence-electron chi connectivity index (χ4n) is 1.60. The van der Waals surface area contributed by atoms with Crippen LogP contribution in [0.3, 0.4) is 0 Å². The van der Waals surface area contributed by atoms with Crippen molar-refractivity contribution in [3.05, 3.63) is 40.8 Å². The van der Waals surface area contributed by atoms with Crippen molar-refractivity contribution in [2.45, 2.75) is 19.6 Å². The lowest BCUT2D eigenvalue weighted by Gasteiger charge is -2.07. The van der Waals surface area contributed by atoms with Crippen molar-refractivity contribution in [3.63, 3.8) is 0 Å². The van der Waals surface area contributed by atoms with Gasteiger partial charge in [-0.15, -0.1) is 0 Å². The number of hydrogen-bond donors (Lipinski definition) is 1. The van der Waals surface area contributed by atoms with Gasteiger partial charge in [0.1, 0.15) is 0 Å². The second kappa shape index (κ2) is 5.80. The first-order valence-electron chi connectivity index (χ1n) is 5.90. The third-order valence-corrected chi connectivity index (χ3v) is 2.83. The van der Waals surface area contributed by atoms with Crippen molar-refractivity contribution in [3.8, 4) is 5.82 Å². The minimum absolute atomic E-state index is 0.169. The highest BCUT2D eigenvalue weighted by Crippen LogP contribution is 2.28. The molecule has 2 aromatic rings. The van der Waals surface area contributed by atoms with Gasteiger partial charge in [0.05, 0.1) is 5.02 Å². The van der Waals surface area contributed by atoms with Crippen LogP contribution in [-0.2, 0) is 12.7 Å². The average Bonchev–Trinajstić information content (AvgIpc) is 2.85. The smallest absolute Gasteiger partial charge is 0.313 e. The van der Waals surface area contributed by atoms with Gasteiger partial charge >= 0.3 is 6.18 Å². The average molecular weight is 305 g/mol. The lowest BCUT2D eigenvalue weighted by Crippen LogP contribution is -2.12. The summed E-state index contributed by atoms with van der Waals surface area (Å²) in [7, 11) is 0. The number of rotatable bonds is 4. The molecule has 0 fully saturated rings. The number of nitrogens with one attached hydrogen (secondary N) is 1. The van der Waals surface area contributed by atoms with Crippen molar-refractivity contribution < 1.29 is 13.2 Å². The monoisotopic (exact) mass is 304 g/mol. The molecular formula is C12H12ClF3N4. The molecule has 0 aliphatic rings. The largest absolute Gasteiger partial charge is 0.435 e. The van der Waals surface area contributed by atoms with E-state index >= 15 is 0 Å². The number of nitrogens with zero attached hydrogens (tertiary/aromatic N) is 3. The molecule has 0 spiro atoms. The van der Waals surface area contributed by atoms with Crippen LogP contribution in [0.1, 0.15) is 18.2 Å². The topological polar surface area (TPSA) is 42.7 Å². The molecule has 108 valence electrons. The van der Waals surface area contributed by atoms with Gasteiger partial charge in [0, 0.05) is 18.9 Å². The van der Waals surface area contributed by atoms with Crippen LogP contribution in [0, 0.1) is 0 Å². The van der Waals surface area contributed by atoms with Gasteiger partial charge in [-0.3, -0.25) is 0 Å². The van der Waals surface area contributed by atoms with Crippen LogP contribution in [-0.4, -0.2) is 21.3 Å². The van der Waals surface area contributed by atoms with Gasteiger partial charge in [-0.1, -0.05) is 18.5 Å². The molecule has 1 N–H and O–H groups in total. The summed E-state index contributed by atoms with van der Waals surface area (Å²) in [5.74, 6) is 0.169. The van der Waals surface area contributed by atoms with Gasteiger partial charge < -0.3 is 5.32 Å². The summed E-state index contributed by atoms with van der Waals surface area (Å²) in [4.78, 5) is 4.06. The molecule has 0 aromatic carbocycles. The highest BCUT2D eigenvalue weighted by molar-refractivity contribution is 6.32. The van der Waals surface area contributed by atoms with Crippen LogP contribution in [0.4, 0.5) is 13.2 Å². The van der Waals surface area contributed by atoms with Crippen molar-refractivity contribution in [2.75, 3.05) is 6.54 Å². The molecule has 0 aliphatic heterocycles. The van der Waals surface area contributed by atoms with E-state index in [4.69, 9.17) is 11.6 Å². The predicted molar refractivity (Wildman–Crippen MR) is 68.8 cm³/mol. The summed E-state index contributed by atoms with van der Waals surface area (Å²) >= 11 is 6.03. The Morgan fingerprint density at radius 3 is 2.70 bits per heavy atom. The van der Waals surface area contributed by atoms with E-state index in [1.807, 2.05) is 6.92 Å². The van der Waals surface area contributed by atoms with Crippen molar-refractivity contribution in [1.82, 2.24) is 20.1 Å². The maximum absolute atomic E-state index is 12.5. The Bertz CT molecular complexity index is 595. The van der Waals surface area contributed by atoms with E-state index in [1.165, 1.54) is 6.20 Å². The van der Waals surface area contributed by atoms with E-state index in [-0.39, 0.29) is 10.8 Å². The summed E-state index contributed by atoms with van der Waals surface area (Å²) in [5, 5.41) is 6.79. The lowest BCUT2D eigenvalue weighted by atomic mass is 10.3. The standard InChI is InChI=1S/C12H12ClF3N4/c1-2-17-6-8-5-9(13)11(18-7-8)20-4-3-10(19-20)12(14,15)16/h3-5,7,17H,2,6H2,1H3. The van der Waals surface area contributed by atoms with Crippen LogP contribution in [0.2, 0.25) is 5.02 Å². The number of pyridine rings is 1. The van der Waals surface area contributed by atoms with Crippen LogP contribution < -0.4 is 5.32 Å². The predicted octanol–water partition coefficient (Wildman–Crippen LogP) is 3.05. The molecular weight excluding hydrogens is 293 g/mol. The highest BCUT2D eigenvalue weighted by atomic mass is 35.5. The second-order valence-corrected chi connectivity index (χ2v) is 4.48. The quantitative estimate of drug-likeness (QED) is 0.944. The van der Waals surface area contributed by atoms with Crippen molar-refractivity contribution in [1.29, 1.82) is 0 Å². The molecule has 0 saturated carbocycles. The second-order valence-electron chi connectivity index (χ2n) is 4.07. The molecule has 2 heterocycles.